The number of carbonyl (C=O) groups excluding carboxylic acids is 1. The average molecular weight is 765 g/mol. The summed E-state index contributed by atoms with van der Waals surface area (Å²) in [5.74, 6) is -1.12. The summed E-state index contributed by atoms with van der Waals surface area (Å²) in [5, 5.41) is 63.5. The fraction of sp³-hybridized carbons (Fsp3) is 0.368. The van der Waals surface area contributed by atoms with Crippen LogP contribution in [0.3, 0.4) is 0 Å². The first-order valence-electron chi connectivity index (χ1n) is 17.6. The third-order valence-electron chi connectivity index (χ3n) is 8.91. The Morgan fingerprint density at radius 2 is 1.30 bits per heavy atom. The van der Waals surface area contributed by atoms with Gasteiger partial charge in [-0.05, 0) is 91.6 Å². The molecule has 0 aliphatic heterocycles. The third kappa shape index (κ3) is 12.3. The van der Waals surface area contributed by atoms with Crippen molar-refractivity contribution in [3.8, 4) is 11.5 Å². The zero-order chi connectivity index (χ0) is 39.2. The Morgan fingerprint density at radius 3 is 1.81 bits per heavy atom. The number of hydrogen-bond acceptors (Lipinski definition) is 13. The number of benzene rings is 3. The second kappa shape index (κ2) is 20.4. The maximum absolute atomic E-state index is 12.4. The lowest BCUT2D eigenvalue weighted by atomic mass is 10.0. The molecule has 0 saturated heterocycles. The minimum Gasteiger partial charge on any atom is -0.508 e. The summed E-state index contributed by atoms with van der Waals surface area (Å²) in [6, 6.07) is 17.6. The van der Waals surface area contributed by atoms with Crippen molar-refractivity contribution in [1.82, 2.24) is 20.2 Å². The van der Waals surface area contributed by atoms with Crippen LogP contribution in [0.2, 0.25) is 5.15 Å². The fourth-order valence-corrected chi connectivity index (χ4v) is 5.96. The van der Waals surface area contributed by atoms with Crippen LogP contribution in [0.5, 0.6) is 11.5 Å². The van der Waals surface area contributed by atoms with Gasteiger partial charge < -0.3 is 47.8 Å². The molecule has 13 N–H and O–H groups in total. The molecule has 16 heteroatoms. The zero-order valence-electron chi connectivity index (χ0n) is 29.9. The van der Waals surface area contributed by atoms with E-state index in [0.29, 0.717) is 35.3 Å². The largest absolute Gasteiger partial charge is 0.508 e. The van der Waals surface area contributed by atoms with Gasteiger partial charge in [-0.1, -0.05) is 48.0 Å². The SMILES string of the molecule is NC(=NCCCCc1ccc(CCCCN(CC(O)c2ccc(O)c(CO)c2)CC(O)c2ccc(O)c(CO)c2)cc1)NC(=O)c1nc(Cl)c(N)nc1N. The number of guanidine groups is 1. The lowest BCUT2D eigenvalue weighted by molar-refractivity contribution is 0.0677. The minimum atomic E-state index is -0.941. The monoisotopic (exact) mass is 764 g/mol. The summed E-state index contributed by atoms with van der Waals surface area (Å²) in [7, 11) is 0. The molecule has 1 aromatic heterocycles. The van der Waals surface area contributed by atoms with Crippen molar-refractivity contribution in [2.45, 2.75) is 63.9 Å². The predicted molar refractivity (Wildman–Crippen MR) is 207 cm³/mol. The number of nitrogen functional groups attached to an aromatic ring is 2. The molecule has 290 valence electrons. The molecule has 1 heterocycles. The number of carbonyl (C=O) groups is 1. The number of aliphatic imine (C=N–C) groups is 1. The van der Waals surface area contributed by atoms with Gasteiger partial charge in [-0.25, -0.2) is 9.97 Å². The van der Waals surface area contributed by atoms with Crippen molar-refractivity contribution in [2.24, 2.45) is 10.7 Å². The molecular formula is C38H49ClN8O7. The molecule has 2 atom stereocenters. The van der Waals surface area contributed by atoms with E-state index in [1.165, 1.54) is 23.3 Å². The van der Waals surface area contributed by atoms with Crippen LogP contribution in [0.4, 0.5) is 11.6 Å². The molecule has 4 aromatic rings. The highest BCUT2D eigenvalue weighted by molar-refractivity contribution is 6.31. The molecule has 0 fully saturated rings. The minimum absolute atomic E-state index is 0.0537. The Kier molecular flexibility index (Phi) is 15.8. The van der Waals surface area contributed by atoms with E-state index in [1.807, 2.05) is 4.90 Å². The Hall–Kier alpha value is -5.03. The van der Waals surface area contributed by atoms with Gasteiger partial charge in [0.05, 0.1) is 25.4 Å². The van der Waals surface area contributed by atoms with Crippen LogP contribution >= 0.6 is 11.6 Å². The number of rotatable bonds is 19. The molecule has 0 aliphatic carbocycles. The number of aliphatic hydroxyl groups excluding tert-OH is 4. The summed E-state index contributed by atoms with van der Waals surface area (Å²) in [5.41, 5.74) is 21.0. The van der Waals surface area contributed by atoms with Gasteiger partial charge >= 0.3 is 0 Å². The highest BCUT2D eigenvalue weighted by atomic mass is 35.5. The van der Waals surface area contributed by atoms with Gasteiger partial charge in [0.1, 0.15) is 11.5 Å². The number of aromatic nitrogens is 2. The normalized spacial score (nSPS) is 12.9. The first-order chi connectivity index (χ1) is 25.9. The summed E-state index contributed by atoms with van der Waals surface area (Å²) >= 11 is 5.83. The Bertz CT molecular complexity index is 1820. The number of aryl methyl sites for hydroxylation is 2. The Balaban J connectivity index is 1.24. The van der Waals surface area contributed by atoms with Crippen LogP contribution in [-0.4, -0.2) is 83.6 Å². The van der Waals surface area contributed by atoms with E-state index in [2.05, 4.69) is 44.5 Å². The molecule has 3 aromatic carbocycles. The molecule has 0 spiro atoms. The van der Waals surface area contributed by atoms with E-state index in [1.54, 1.807) is 24.3 Å². The summed E-state index contributed by atoms with van der Waals surface area (Å²) in [6.45, 7) is 0.652. The zero-order valence-corrected chi connectivity index (χ0v) is 30.7. The molecule has 0 bridgehead atoms. The van der Waals surface area contributed by atoms with E-state index in [0.717, 1.165) is 38.5 Å². The second-order valence-electron chi connectivity index (χ2n) is 13.0. The third-order valence-corrected chi connectivity index (χ3v) is 9.19. The van der Waals surface area contributed by atoms with Gasteiger partial charge in [0, 0.05) is 30.8 Å². The van der Waals surface area contributed by atoms with E-state index in [-0.39, 0.29) is 66.2 Å². The summed E-state index contributed by atoms with van der Waals surface area (Å²) < 4.78 is 0. The highest BCUT2D eigenvalue weighted by Gasteiger charge is 2.20. The number of nitrogens with two attached hydrogens (primary N) is 3. The number of anilines is 2. The van der Waals surface area contributed by atoms with Crippen LogP contribution in [0.15, 0.2) is 65.7 Å². The van der Waals surface area contributed by atoms with E-state index in [9.17, 15) is 35.4 Å². The van der Waals surface area contributed by atoms with Gasteiger partial charge in [0.15, 0.2) is 28.4 Å². The molecule has 1 amide bonds. The van der Waals surface area contributed by atoms with Gasteiger partial charge in [-0.3, -0.25) is 20.0 Å². The smallest absolute Gasteiger partial charge is 0.280 e. The summed E-state index contributed by atoms with van der Waals surface area (Å²) in [6.07, 6.45) is 3.07. The van der Waals surface area contributed by atoms with Crippen LogP contribution in [0, 0.1) is 0 Å². The van der Waals surface area contributed by atoms with Crippen LogP contribution in [0.1, 0.15) is 81.8 Å². The molecule has 2 unspecified atom stereocenters. The Morgan fingerprint density at radius 1 is 0.778 bits per heavy atom. The lowest BCUT2D eigenvalue weighted by Crippen LogP contribution is -2.38. The van der Waals surface area contributed by atoms with Crippen molar-refractivity contribution >= 4 is 35.1 Å². The number of nitrogens with zero attached hydrogens (tertiary/aromatic N) is 4. The molecule has 15 nitrogen and oxygen atoms in total. The van der Waals surface area contributed by atoms with Crippen LogP contribution in [-0.2, 0) is 26.1 Å². The van der Waals surface area contributed by atoms with Gasteiger partial charge in [0.25, 0.3) is 5.91 Å². The highest BCUT2D eigenvalue weighted by Crippen LogP contribution is 2.26. The maximum Gasteiger partial charge on any atom is 0.280 e. The Labute approximate surface area is 318 Å². The van der Waals surface area contributed by atoms with Crippen molar-refractivity contribution < 1.29 is 35.4 Å². The van der Waals surface area contributed by atoms with E-state index < -0.39 is 18.1 Å². The fourth-order valence-electron chi connectivity index (χ4n) is 5.84. The van der Waals surface area contributed by atoms with E-state index >= 15 is 0 Å². The number of aliphatic hydroxyl groups is 4. The number of nitrogens with one attached hydrogen (secondary N) is 1. The van der Waals surface area contributed by atoms with Crippen molar-refractivity contribution in [3.63, 3.8) is 0 Å². The standard InChI is InChI=1S/C38H49ClN8O7/c39-34-36(41)45-35(40)33(44-34)37(54)46-38(42)43-15-3-1-5-23-7-9-24(10-8-23)6-2-4-16-47(19-31(52)25-11-13-29(50)27(17-25)21-48)20-32(53)26-12-14-30(51)28(18-26)22-49/h7-14,17-18,31-32,48-53H,1-6,15-16,19-22H2,(H4,40,41,45)(H3,42,43,46,54). The molecule has 0 radical (unpaired) electrons. The lowest BCUT2D eigenvalue weighted by Gasteiger charge is -2.28. The number of amides is 1. The predicted octanol–water partition coefficient (Wildman–Crippen LogP) is 2.85. The molecule has 0 aliphatic rings. The van der Waals surface area contributed by atoms with Gasteiger partial charge in [-0.15, -0.1) is 0 Å². The second-order valence-corrected chi connectivity index (χ2v) is 13.3. The summed E-state index contributed by atoms with van der Waals surface area (Å²) in [4.78, 5) is 26.1. The number of halogens is 1. The first-order valence-corrected chi connectivity index (χ1v) is 18.0. The van der Waals surface area contributed by atoms with Crippen molar-refractivity contribution in [2.75, 3.05) is 37.6 Å². The van der Waals surface area contributed by atoms with Gasteiger partial charge in [-0.2, -0.15) is 0 Å². The molecular weight excluding hydrogens is 716 g/mol. The first kappa shape index (κ1) is 41.7. The number of hydrogen-bond donors (Lipinski definition) is 10. The van der Waals surface area contributed by atoms with Gasteiger partial charge in [0.2, 0.25) is 0 Å². The number of phenols is 2. The van der Waals surface area contributed by atoms with E-state index in [4.69, 9.17) is 28.8 Å². The average Bonchev–Trinajstić information content (AvgIpc) is 3.15. The van der Waals surface area contributed by atoms with Crippen LogP contribution in [0.25, 0.3) is 0 Å². The number of unbranched alkanes of at least 4 members (excludes halogenated alkanes) is 2. The topological polar surface area (TPSA) is 270 Å². The number of aromatic hydroxyl groups is 2. The van der Waals surface area contributed by atoms with Crippen molar-refractivity contribution in [3.05, 3.63) is 105 Å². The molecule has 54 heavy (non-hydrogen) atoms. The molecule has 0 saturated carbocycles. The van der Waals surface area contributed by atoms with Crippen LogP contribution < -0.4 is 22.5 Å². The van der Waals surface area contributed by atoms with Crippen molar-refractivity contribution in [1.29, 1.82) is 0 Å². The molecule has 4 rings (SSSR count). The maximum atomic E-state index is 12.4. The quantitative estimate of drug-likeness (QED) is 0.0374.